The molecule has 3 heterocycles. The summed E-state index contributed by atoms with van der Waals surface area (Å²) in [5, 5.41) is 12.3. The number of hydrogen-bond acceptors (Lipinski definition) is 4. The molecule has 4 aliphatic carbocycles. The molecule has 1 amide bonds. The summed E-state index contributed by atoms with van der Waals surface area (Å²) in [6, 6.07) is 0. The molecule has 7 heteroatoms. The van der Waals surface area contributed by atoms with Crippen LogP contribution < -0.4 is 5.32 Å². The average Bonchev–Trinajstić information content (AvgIpc) is 3.11. The van der Waals surface area contributed by atoms with Gasteiger partial charge in [0.2, 0.25) is 5.91 Å². The van der Waals surface area contributed by atoms with E-state index in [9.17, 15) is 4.79 Å². The predicted octanol–water partition coefficient (Wildman–Crippen LogP) is 2.58. The molecule has 0 atom stereocenters. The SMILES string of the molecule is Cl.O=C(C1C2CC3CC(C2)CC1C3)N1CCC(c2nnc3n2CCNC3)CC1. The molecule has 1 aromatic heterocycles. The van der Waals surface area contributed by atoms with E-state index in [1.54, 1.807) is 0 Å². The Morgan fingerprint density at radius 3 is 2.29 bits per heavy atom. The number of piperidine rings is 1. The Balaban J connectivity index is 0.00000171. The molecule has 0 spiro atoms. The molecular formula is C21H32ClN5O. The van der Waals surface area contributed by atoms with E-state index in [1.807, 2.05) is 0 Å². The van der Waals surface area contributed by atoms with Crippen LogP contribution in [-0.4, -0.2) is 45.2 Å². The third-order valence-corrected chi connectivity index (χ3v) is 8.33. The van der Waals surface area contributed by atoms with Crippen LogP contribution in [0.1, 0.15) is 62.5 Å². The van der Waals surface area contributed by atoms with Crippen molar-refractivity contribution in [1.29, 1.82) is 0 Å². The van der Waals surface area contributed by atoms with Crippen molar-refractivity contribution in [2.24, 2.45) is 29.6 Å². The van der Waals surface area contributed by atoms with Crippen molar-refractivity contribution in [2.75, 3.05) is 19.6 Å². The number of carbonyl (C=O) groups excluding carboxylic acids is 1. The Morgan fingerprint density at radius 1 is 0.929 bits per heavy atom. The first-order valence-corrected chi connectivity index (χ1v) is 11.2. The second kappa shape index (κ2) is 7.28. The average molecular weight is 406 g/mol. The summed E-state index contributed by atoms with van der Waals surface area (Å²) in [4.78, 5) is 15.6. The zero-order valence-corrected chi connectivity index (χ0v) is 17.4. The standard InChI is InChI=1S/C21H31N5O.ClH/c27-21(19-16-8-13-7-14(10-16)11-17(19)9-13)25-4-1-15(2-5-25)20-24-23-18-12-22-3-6-26(18)20;/h13-17,19,22H,1-12H2;1H. The van der Waals surface area contributed by atoms with Crippen LogP contribution in [0, 0.1) is 29.6 Å². The lowest BCUT2D eigenvalue weighted by molar-refractivity contribution is -0.150. The molecule has 4 bridgehead atoms. The van der Waals surface area contributed by atoms with Crippen LogP contribution in [0.5, 0.6) is 0 Å². The van der Waals surface area contributed by atoms with Gasteiger partial charge in [0, 0.05) is 38.0 Å². The fourth-order valence-electron chi connectivity index (χ4n) is 7.31. The smallest absolute Gasteiger partial charge is 0.226 e. The molecule has 6 aliphatic rings. The van der Waals surface area contributed by atoms with E-state index in [0.717, 1.165) is 69.1 Å². The topological polar surface area (TPSA) is 63.1 Å². The van der Waals surface area contributed by atoms with Crippen LogP contribution in [0.25, 0.3) is 0 Å². The van der Waals surface area contributed by atoms with Gasteiger partial charge in [0.25, 0.3) is 0 Å². The second-order valence-electron chi connectivity index (χ2n) is 9.86. The van der Waals surface area contributed by atoms with Gasteiger partial charge >= 0.3 is 0 Å². The normalized spacial score (nSPS) is 36.9. The molecule has 1 saturated heterocycles. The van der Waals surface area contributed by atoms with Crippen molar-refractivity contribution >= 4 is 18.3 Å². The predicted molar refractivity (Wildman–Crippen MR) is 108 cm³/mol. The quantitative estimate of drug-likeness (QED) is 0.821. The molecule has 1 aromatic rings. The van der Waals surface area contributed by atoms with Crippen LogP contribution in [-0.2, 0) is 17.9 Å². The first-order valence-electron chi connectivity index (χ1n) is 11.2. The highest BCUT2D eigenvalue weighted by atomic mass is 35.5. The Hall–Kier alpha value is -1.14. The lowest BCUT2D eigenvalue weighted by Crippen LogP contribution is -2.53. The fraction of sp³-hybridized carbons (Fsp3) is 0.857. The number of aromatic nitrogens is 3. The van der Waals surface area contributed by atoms with E-state index in [-0.39, 0.29) is 12.4 Å². The number of likely N-dealkylation sites (tertiary alicyclic amines) is 1. The van der Waals surface area contributed by atoms with E-state index in [1.165, 1.54) is 32.1 Å². The van der Waals surface area contributed by atoms with Gasteiger partial charge in [-0.3, -0.25) is 4.79 Å². The van der Waals surface area contributed by atoms with Crippen molar-refractivity contribution in [3.05, 3.63) is 11.6 Å². The Morgan fingerprint density at radius 2 is 1.61 bits per heavy atom. The number of hydrogen-bond donors (Lipinski definition) is 1. The monoisotopic (exact) mass is 405 g/mol. The maximum Gasteiger partial charge on any atom is 0.226 e. The number of amides is 1. The van der Waals surface area contributed by atoms with Gasteiger partial charge in [-0.2, -0.15) is 0 Å². The molecule has 2 aliphatic heterocycles. The number of nitrogens with zero attached hydrogens (tertiary/aromatic N) is 4. The number of rotatable bonds is 2. The van der Waals surface area contributed by atoms with Crippen molar-refractivity contribution in [3.8, 4) is 0 Å². The van der Waals surface area contributed by atoms with Crippen molar-refractivity contribution in [1.82, 2.24) is 25.0 Å². The molecule has 4 saturated carbocycles. The molecule has 6 nitrogen and oxygen atoms in total. The maximum absolute atomic E-state index is 13.4. The molecule has 0 unspecified atom stereocenters. The molecule has 1 N–H and O–H groups in total. The van der Waals surface area contributed by atoms with E-state index in [2.05, 4.69) is 25.0 Å². The first-order chi connectivity index (χ1) is 13.3. The summed E-state index contributed by atoms with van der Waals surface area (Å²) in [5.74, 6) is 6.82. The number of halogens is 1. The minimum atomic E-state index is 0. The molecule has 0 radical (unpaired) electrons. The highest BCUT2D eigenvalue weighted by molar-refractivity contribution is 5.85. The number of fused-ring (bicyclic) bond motifs is 1. The minimum absolute atomic E-state index is 0. The highest BCUT2D eigenvalue weighted by Crippen LogP contribution is 2.57. The second-order valence-corrected chi connectivity index (χ2v) is 9.86. The summed E-state index contributed by atoms with van der Waals surface area (Å²) in [7, 11) is 0. The molecule has 0 aromatic carbocycles. The van der Waals surface area contributed by atoms with E-state index in [0.29, 0.717) is 29.6 Å². The zero-order valence-electron chi connectivity index (χ0n) is 16.6. The van der Waals surface area contributed by atoms with Crippen LogP contribution >= 0.6 is 12.4 Å². The van der Waals surface area contributed by atoms with Crippen LogP contribution in [0.3, 0.4) is 0 Å². The Kier molecular flexibility index (Phi) is 4.90. The zero-order chi connectivity index (χ0) is 18.0. The van der Waals surface area contributed by atoms with Gasteiger partial charge in [0.15, 0.2) is 0 Å². The van der Waals surface area contributed by atoms with Gasteiger partial charge in [-0.15, -0.1) is 22.6 Å². The number of nitrogens with one attached hydrogen (secondary N) is 1. The maximum atomic E-state index is 13.4. The third-order valence-electron chi connectivity index (χ3n) is 8.33. The van der Waals surface area contributed by atoms with Crippen LogP contribution in [0.4, 0.5) is 0 Å². The van der Waals surface area contributed by atoms with Crippen LogP contribution in [0.2, 0.25) is 0 Å². The molecule has 5 fully saturated rings. The Labute approximate surface area is 173 Å². The lowest BCUT2D eigenvalue weighted by atomic mass is 9.51. The molecule has 28 heavy (non-hydrogen) atoms. The van der Waals surface area contributed by atoms with E-state index >= 15 is 0 Å². The van der Waals surface area contributed by atoms with Gasteiger partial charge < -0.3 is 14.8 Å². The molecular weight excluding hydrogens is 374 g/mol. The fourth-order valence-corrected chi connectivity index (χ4v) is 7.31. The van der Waals surface area contributed by atoms with Crippen molar-refractivity contribution < 1.29 is 4.79 Å². The van der Waals surface area contributed by atoms with E-state index < -0.39 is 0 Å². The highest BCUT2D eigenvalue weighted by Gasteiger charge is 2.51. The summed E-state index contributed by atoms with van der Waals surface area (Å²) >= 11 is 0. The third kappa shape index (κ3) is 2.98. The molecule has 7 rings (SSSR count). The Bertz CT molecular complexity index is 713. The van der Waals surface area contributed by atoms with E-state index in [4.69, 9.17) is 0 Å². The molecule has 154 valence electrons. The van der Waals surface area contributed by atoms with Crippen LogP contribution in [0.15, 0.2) is 0 Å². The first kappa shape index (κ1) is 18.9. The summed E-state index contributed by atoms with van der Waals surface area (Å²) in [6.45, 7) is 4.63. The van der Waals surface area contributed by atoms with Gasteiger partial charge in [-0.1, -0.05) is 0 Å². The summed E-state index contributed by atoms with van der Waals surface area (Å²) < 4.78 is 2.32. The van der Waals surface area contributed by atoms with Gasteiger partial charge in [0.05, 0.1) is 6.54 Å². The van der Waals surface area contributed by atoms with Crippen molar-refractivity contribution in [2.45, 2.75) is 64.0 Å². The summed E-state index contributed by atoms with van der Waals surface area (Å²) in [6.07, 6.45) is 8.88. The lowest BCUT2D eigenvalue weighted by Gasteiger charge is -2.54. The largest absolute Gasteiger partial charge is 0.342 e. The van der Waals surface area contributed by atoms with Gasteiger partial charge in [-0.05, 0) is 68.6 Å². The van der Waals surface area contributed by atoms with Gasteiger partial charge in [0.1, 0.15) is 11.6 Å². The summed E-state index contributed by atoms with van der Waals surface area (Å²) in [5.41, 5.74) is 0. The van der Waals surface area contributed by atoms with Gasteiger partial charge in [-0.25, -0.2) is 0 Å². The minimum Gasteiger partial charge on any atom is -0.342 e. The number of carbonyl (C=O) groups is 1. The van der Waals surface area contributed by atoms with Crippen molar-refractivity contribution in [3.63, 3.8) is 0 Å².